The number of rotatable bonds is 2. The minimum absolute atomic E-state index is 0.225. The van der Waals surface area contributed by atoms with Gasteiger partial charge in [-0.2, -0.15) is 0 Å². The number of hydrogen-bond donors (Lipinski definition) is 2. The fourth-order valence-corrected chi connectivity index (χ4v) is 1.05. The number of carboxylic acids is 1. The van der Waals surface area contributed by atoms with E-state index in [1.165, 1.54) is 0 Å². The second-order valence-electron chi connectivity index (χ2n) is 2.45. The maximum atomic E-state index is 10.7. The SMILES string of the molecule is O=C(O)CC1=C(O)C(=O)CC1. The van der Waals surface area contributed by atoms with E-state index in [-0.39, 0.29) is 24.4 Å². The van der Waals surface area contributed by atoms with Gasteiger partial charge in [-0.1, -0.05) is 0 Å². The molecule has 0 fully saturated rings. The molecule has 2 N–H and O–H groups in total. The highest BCUT2D eigenvalue weighted by Crippen LogP contribution is 2.23. The fourth-order valence-electron chi connectivity index (χ4n) is 1.05. The summed E-state index contributed by atoms with van der Waals surface area (Å²) in [6.07, 6.45) is 0.406. The molecule has 4 heteroatoms. The van der Waals surface area contributed by atoms with E-state index >= 15 is 0 Å². The van der Waals surface area contributed by atoms with E-state index in [0.717, 1.165) is 0 Å². The van der Waals surface area contributed by atoms with E-state index in [1.54, 1.807) is 0 Å². The van der Waals surface area contributed by atoms with Crippen LogP contribution in [0.5, 0.6) is 0 Å². The molecule has 0 radical (unpaired) electrons. The van der Waals surface area contributed by atoms with Crippen LogP contribution in [0.15, 0.2) is 11.3 Å². The molecule has 0 heterocycles. The van der Waals surface area contributed by atoms with Gasteiger partial charge in [0.2, 0.25) is 0 Å². The number of allylic oxidation sites excluding steroid dienone is 1. The zero-order valence-electron chi connectivity index (χ0n) is 5.83. The zero-order valence-corrected chi connectivity index (χ0v) is 5.83. The van der Waals surface area contributed by atoms with Crippen LogP contribution in [-0.2, 0) is 9.59 Å². The molecule has 0 aromatic rings. The average Bonchev–Trinajstić information content (AvgIpc) is 2.18. The molecule has 0 aromatic heterocycles. The third-order valence-electron chi connectivity index (χ3n) is 1.62. The Morgan fingerprint density at radius 2 is 2.09 bits per heavy atom. The van der Waals surface area contributed by atoms with Crippen LogP contribution >= 0.6 is 0 Å². The molecule has 0 amide bonds. The molecule has 60 valence electrons. The van der Waals surface area contributed by atoms with Crippen molar-refractivity contribution in [1.29, 1.82) is 0 Å². The molecule has 0 spiro atoms. The van der Waals surface area contributed by atoms with Crippen molar-refractivity contribution in [2.75, 3.05) is 0 Å². The summed E-state index contributed by atoms with van der Waals surface area (Å²) in [5.41, 5.74) is 0.350. The minimum atomic E-state index is -1.01. The van der Waals surface area contributed by atoms with Crippen molar-refractivity contribution in [1.82, 2.24) is 0 Å². The van der Waals surface area contributed by atoms with Crippen LogP contribution in [0.4, 0.5) is 0 Å². The second kappa shape index (κ2) is 2.74. The zero-order chi connectivity index (χ0) is 8.43. The summed E-state index contributed by atoms with van der Waals surface area (Å²) in [6.45, 7) is 0. The molecule has 1 rings (SSSR count). The van der Waals surface area contributed by atoms with Crippen LogP contribution in [0.3, 0.4) is 0 Å². The molecule has 0 aliphatic heterocycles. The molecule has 0 saturated heterocycles. The lowest BCUT2D eigenvalue weighted by atomic mass is 10.2. The Kier molecular flexibility index (Phi) is 1.94. The molecule has 0 aromatic carbocycles. The lowest BCUT2D eigenvalue weighted by Crippen LogP contribution is -1.98. The van der Waals surface area contributed by atoms with Crippen LogP contribution in [0.2, 0.25) is 0 Å². The van der Waals surface area contributed by atoms with Crippen molar-refractivity contribution in [3.8, 4) is 0 Å². The van der Waals surface area contributed by atoms with Gasteiger partial charge in [0.1, 0.15) is 0 Å². The van der Waals surface area contributed by atoms with Crippen LogP contribution < -0.4 is 0 Å². The third-order valence-corrected chi connectivity index (χ3v) is 1.62. The van der Waals surface area contributed by atoms with E-state index in [2.05, 4.69) is 0 Å². The molecule has 1 aliphatic rings. The standard InChI is InChI=1S/C7H8O4/c8-5-2-1-4(7(5)11)3-6(9)10/h11H,1-3H2,(H,9,10). The van der Waals surface area contributed by atoms with E-state index in [0.29, 0.717) is 12.0 Å². The average molecular weight is 156 g/mol. The van der Waals surface area contributed by atoms with Gasteiger partial charge in [0.25, 0.3) is 0 Å². The lowest BCUT2D eigenvalue weighted by Gasteiger charge is -1.94. The first-order valence-corrected chi connectivity index (χ1v) is 3.27. The van der Waals surface area contributed by atoms with Crippen LogP contribution in [-0.4, -0.2) is 22.0 Å². The smallest absolute Gasteiger partial charge is 0.307 e. The summed E-state index contributed by atoms with van der Waals surface area (Å²) in [5.74, 6) is -1.70. The van der Waals surface area contributed by atoms with Crippen LogP contribution in [0.25, 0.3) is 0 Å². The van der Waals surface area contributed by atoms with Gasteiger partial charge in [0, 0.05) is 6.42 Å². The van der Waals surface area contributed by atoms with Crippen LogP contribution in [0.1, 0.15) is 19.3 Å². The third kappa shape index (κ3) is 1.58. The van der Waals surface area contributed by atoms with E-state index in [4.69, 9.17) is 10.2 Å². The summed E-state index contributed by atoms with van der Waals surface area (Å²) in [7, 11) is 0. The Morgan fingerprint density at radius 3 is 2.45 bits per heavy atom. The van der Waals surface area contributed by atoms with Crippen molar-refractivity contribution >= 4 is 11.8 Å². The van der Waals surface area contributed by atoms with Crippen molar-refractivity contribution < 1.29 is 19.8 Å². The molecule has 0 unspecified atom stereocenters. The number of carbonyl (C=O) groups is 2. The van der Waals surface area contributed by atoms with Gasteiger partial charge in [0.05, 0.1) is 6.42 Å². The molecule has 11 heavy (non-hydrogen) atoms. The first-order chi connectivity index (χ1) is 5.11. The van der Waals surface area contributed by atoms with E-state index in [9.17, 15) is 9.59 Å². The quantitative estimate of drug-likeness (QED) is 0.615. The number of ketones is 1. The highest BCUT2D eigenvalue weighted by molar-refractivity contribution is 5.97. The van der Waals surface area contributed by atoms with E-state index < -0.39 is 5.97 Å². The Bertz CT molecular complexity index is 239. The molecular formula is C7H8O4. The van der Waals surface area contributed by atoms with E-state index in [1.807, 2.05) is 0 Å². The van der Waals surface area contributed by atoms with Crippen molar-refractivity contribution in [3.05, 3.63) is 11.3 Å². The maximum absolute atomic E-state index is 10.7. The van der Waals surface area contributed by atoms with Crippen molar-refractivity contribution in [2.45, 2.75) is 19.3 Å². The molecule has 0 saturated carbocycles. The first-order valence-electron chi connectivity index (χ1n) is 3.27. The highest BCUT2D eigenvalue weighted by Gasteiger charge is 2.23. The molecule has 0 bridgehead atoms. The predicted molar refractivity (Wildman–Crippen MR) is 36.1 cm³/mol. The maximum Gasteiger partial charge on any atom is 0.307 e. The number of hydrogen-bond acceptors (Lipinski definition) is 3. The predicted octanol–water partition coefficient (Wildman–Crippen LogP) is 0.636. The lowest BCUT2D eigenvalue weighted by molar-refractivity contribution is -0.136. The van der Waals surface area contributed by atoms with Gasteiger partial charge >= 0.3 is 5.97 Å². The topological polar surface area (TPSA) is 74.6 Å². The normalized spacial score (nSPS) is 17.6. The Labute approximate surface area is 63.1 Å². The fraction of sp³-hybridized carbons (Fsp3) is 0.429. The van der Waals surface area contributed by atoms with Crippen molar-refractivity contribution in [2.24, 2.45) is 0 Å². The Balaban J connectivity index is 2.72. The number of aliphatic hydroxyl groups excluding tert-OH is 1. The number of carbonyl (C=O) groups excluding carboxylic acids is 1. The van der Waals surface area contributed by atoms with Gasteiger partial charge in [-0.05, 0) is 12.0 Å². The Hall–Kier alpha value is -1.32. The van der Waals surface area contributed by atoms with Crippen LogP contribution in [0, 0.1) is 0 Å². The van der Waals surface area contributed by atoms with Gasteiger partial charge in [-0.15, -0.1) is 0 Å². The molecular weight excluding hydrogens is 148 g/mol. The molecule has 0 atom stereocenters. The summed E-state index contributed by atoms with van der Waals surface area (Å²) in [5, 5.41) is 17.3. The number of aliphatic carboxylic acids is 1. The largest absolute Gasteiger partial charge is 0.504 e. The number of Topliss-reactive ketones (excluding diaryl/α,β-unsaturated/α-hetero) is 1. The van der Waals surface area contributed by atoms with Gasteiger partial charge in [-0.25, -0.2) is 0 Å². The Morgan fingerprint density at radius 1 is 1.45 bits per heavy atom. The monoisotopic (exact) mass is 156 g/mol. The molecule has 1 aliphatic carbocycles. The van der Waals surface area contributed by atoms with Gasteiger partial charge in [-0.3, -0.25) is 9.59 Å². The van der Waals surface area contributed by atoms with Gasteiger partial charge < -0.3 is 10.2 Å². The highest BCUT2D eigenvalue weighted by atomic mass is 16.4. The number of carboxylic acid groups (broad SMARTS) is 1. The van der Waals surface area contributed by atoms with Crippen molar-refractivity contribution in [3.63, 3.8) is 0 Å². The summed E-state index contributed by atoms with van der Waals surface area (Å²) < 4.78 is 0. The molecule has 4 nitrogen and oxygen atoms in total. The number of aliphatic hydroxyl groups is 1. The first kappa shape index (κ1) is 7.78. The van der Waals surface area contributed by atoms with Gasteiger partial charge in [0.15, 0.2) is 11.5 Å². The summed E-state index contributed by atoms with van der Waals surface area (Å²) in [4.78, 5) is 20.8. The summed E-state index contributed by atoms with van der Waals surface area (Å²) >= 11 is 0. The second-order valence-corrected chi connectivity index (χ2v) is 2.45. The summed E-state index contributed by atoms with van der Waals surface area (Å²) in [6, 6.07) is 0. The minimum Gasteiger partial charge on any atom is -0.504 e.